The lowest BCUT2D eigenvalue weighted by atomic mass is 9.93. The van der Waals surface area contributed by atoms with Gasteiger partial charge in [-0.3, -0.25) is 9.69 Å². The molecule has 29 heavy (non-hydrogen) atoms. The van der Waals surface area contributed by atoms with Gasteiger partial charge in [-0.1, -0.05) is 30.3 Å². The monoisotopic (exact) mass is 394 g/mol. The topological polar surface area (TPSA) is 58.6 Å². The molecule has 0 aromatic heterocycles. The van der Waals surface area contributed by atoms with E-state index >= 15 is 0 Å². The lowest BCUT2D eigenvalue weighted by molar-refractivity contribution is 0.0252. The van der Waals surface area contributed by atoms with Crippen LogP contribution in [0.15, 0.2) is 48.5 Å². The molecular formula is C24H30N2O3. The van der Waals surface area contributed by atoms with Crippen LogP contribution in [0.25, 0.3) is 0 Å². The molecule has 5 heteroatoms. The van der Waals surface area contributed by atoms with Crippen LogP contribution in [-0.2, 0) is 11.2 Å². The molecule has 0 spiro atoms. The molecule has 0 bridgehead atoms. The summed E-state index contributed by atoms with van der Waals surface area (Å²) in [6.45, 7) is 10.0. The quantitative estimate of drug-likeness (QED) is 0.722. The normalized spacial score (nSPS) is 16.1. The van der Waals surface area contributed by atoms with Crippen LogP contribution in [0.5, 0.6) is 0 Å². The van der Waals surface area contributed by atoms with Crippen LogP contribution >= 0.6 is 0 Å². The van der Waals surface area contributed by atoms with Crippen molar-refractivity contribution >= 4 is 11.9 Å². The third kappa shape index (κ3) is 5.04. The Morgan fingerprint density at radius 3 is 2.45 bits per heavy atom. The number of nitrogens with one attached hydrogen (secondary N) is 1. The first kappa shape index (κ1) is 21.1. The predicted molar refractivity (Wildman–Crippen MR) is 114 cm³/mol. The number of benzene rings is 2. The second kappa shape index (κ2) is 9.23. The number of fused-ring (bicyclic) bond motifs is 1. The number of hydrogen-bond acceptors (Lipinski definition) is 4. The summed E-state index contributed by atoms with van der Waals surface area (Å²) >= 11 is 0. The van der Waals surface area contributed by atoms with E-state index in [4.69, 9.17) is 4.74 Å². The van der Waals surface area contributed by atoms with Gasteiger partial charge in [0.05, 0.1) is 5.56 Å². The molecule has 1 aliphatic heterocycles. The summed E-state index contributed by atoms with van der Waals surface area (Å²) in [5, 5.41) is 3.00. The maximum absolute atomic E-state index is 12.6. The molecule has 1 aliphatic rings. The largest absolute Gasteiger partial charge is 0.454 e. The van der Waals surface area contributed by atoms with E-state index < -0.39 is 0 Å². The highest BCUT2D eigenvalue weighted by Gasteiger charge is 2.28. The van der Waals surface area contributed by atoms with Crippen LogP contribution in [0.1, 0.15) is 65.6 Å². The molecule has 0 radical (unpaired) electrons. The molecule has 154 valence electrons. The summed E-state index contributed by atoms with van der Waals surface area (Å²) in [6, 6.07) is 15.8. The van der Waals surface area contributed by atoms with E-state index in [0.717, 1.165) is 17.7 Å². The molecule has 1 unspecified atom stereocenters. The zero-order valence-corrected chi connectivity index (χ0v) is 17.6. The van der Waals surface area contributed by atoms with Crippen LogP contribution in [0.2, 0.25) is 0 Å². The second-order valence-corrected chi connectivity index (χ2v) is 8.06. The van der Waals surface area contributed by atoms with Gasteiger partial charge < -0.3 is 10.1 Å². The zero-order chi connectivity index (χ0) is 21.0. The number of carbonyl (C=O) groups excluding carboxylic acids is 2. The number of amides is 1. The maximum Gasteiger partial charge on any atom is 0.339 e. The summed E-state index contributed by atoms with van der Waals surface area (Å²) in [5.41, 5.74) is 2.93. The van der Waals surface area contributed by atoms with Gasteiger partial charge in [0.15, 0.2) is 0 Å². The van der Waals surface area contributed by atoms with Crippen molar-refractivity contribution in [3.05, 3.63) is 70.8 Å². The summed E-state index contributed by atoms with van der Waals surface area (Å²) in [6.07, 6.45) is 0.251. The standard InChI is InChI=1S/C24H30N2O3/c1-16(2)26(17(3)4)13-12-25-23(27)19-10-11-21-20(14-19)15-22(29-24(21)28)18-8-6-5-7-9-18/h5-11,14,16-17,22H,12-13,15H2,1-4H3,(H,25,27). The van der Waals surface area contributed by atoms with Gasteiger partial charge in [0.2, 0.25) is 0 Å². The molecule has 0 aliphatic carbocycles. The zero-order valence-electron chi connectivity index (χ0n) is 17.6. The molecule has 2 aromatic rings. The highest BCUT2D eigenvalue weighted by Crippen LogP contribution is 2.31. The first-order valence-electron chi connectivity index (χ1n) is 10.3. The number of nitrogens with zero attached hydrogens (tertiary/aromatic N) is 1. The fourth-order valence-electron chi connectivity index (χ4n) is 3.90. The van der Waals surface area contributed by atoms with Crippen LogP contribution in [-0.4, -0.2) is 41.9 Å². The van der Waals surface area contributed by atoms with Gasteiger partial charge in [0, 0.05) is 37.2 Å². The molecule has 1 heterocycles. The smallest absolute Gasteiger partial charge is 0.339 e. The number of rotatable bonds is 7. The maximum atomic E-state index is 12.6. The summed E-state index contributed by atoms with van der Waals surface area (Å²) in [7, 11) is 0. The minimum absolute atomic E-state index is 0.115. The van der Waals surface area contributed by atoms with E-state index in [-0.39, 0.29) is 18.0 Å². The van der Waals surface area contributed by atoms with Crippen molar-refractivity contribution < 1.29 is 14.3 Å². The van der Waals surface area contributed by atoms with Crippen LogP contribution in [0.3, 0.4) is 0 Å². The molecule has 0 fully saturated rings. The number of cyclic esters (lactones) is 1. The Bertz CT molecular complexity index is 854. The van der Waals surface area contributed by atoms with Gasteiger partial charge in [-0.25, -0.2) is 4.79 Å². The Morgan fingerprint density at radius 2 is 1.79 bits per heavy atom. The van der Waals surface area contributed by atoms with Gasteiger partial charge in [0.25, 0.3) is 5.91 Å². The van der Waals surface area contributed by atoms with Gasteiger partial charge in [-0.15, -0.1) is 0 Å². The first-order valence-corrected chi connectivity index (χ1v) is 10.3. The number of ether oxygens (including phenoxy) is 1. The minimum Gasteiger partial charge on any atom is -0.454 e. The van der Waals surface area contributed by atoms with E-state index in [0.29, 0.717) is 36.2 Å². The average Bonchev–Trinajstić information content (AvgIpc) is 2.70. The molecule has 3 rings (SSSR count). The molecule has 2 aromatic carbocycles. The van der Waals surface area contributed by atoms with Crippen molar-refractivity contribution in [3.8, 4) is 0 Å². The molecule has 1 atom stereocenters. The summed E-state index contributed by atoms with van der Waals surface area (Å²) < 4.78 is 5.59. The fraction of sp³-hybridized carbons (Fsp3) is 0.417. The van der Waals surface area contributed by atoms with Gasteiger partial charge in [0.1, 0.15) is 6.10 Å². The van der Waals surface area contributed by atoms with Gasteiger partial charge in [-0.05, 0) is 57.0 Å². The lowest BCUT2D eigenvalue weighted by Crippen LogP contribution is -2.42. The highest BCUT2D eigenvalue weighted by molar-refractivity contribution is 5.97. The summed E-state index contributed by atoms with van der Waals surface area (Å²) in [4.78, 5) is 27.4. The fourth-order valence-corrected chi connectivity index (χ4v) is 3.90. The number of esters is 1. The van der Waals surface area contributed by atoms with Crippen LogP contribution in [0.4, 0.5) is 0 Å². The highest BCUT2D eigenvalue weighted by atomic mass is 16.5. The Morgan fingerprint density at radius 1 is 1.10 bits per heavy atom. The lowest BCUT2D eigenvalue weighted by Gasteiger charge is -2.30. The molecule has 5 nitrogen and oxygen atoms in total. The third-order valence-corrected chi connectivity index (χ3v) is 5.40. The number of hydrogen-bond donors (Lipinski definition) is 1. The second-order valence-electron chi connectivity index (χ2n) is 8.06. The van der Waals surface area contributed by atoms with Crippen molar-refractivity contribution in [2.45, 2.75) is 52.3 Å². The molecule has 1 amide bonds. The first-order chi connectivity index (χ1) is 13.9. The van der Waals surface area contributed by atoms with E-state index in [1.165, 1.54) is 0 Å². The number of carbonyl (C=O) groups is 2. The third-order valence-electron chi connectivity index (χ3n) is 5.40. The Labute approximate surface area is 173 Å². The van der Waals surface area contributed by atoms with Crippen LogP contribution < -0.4 is 5.32 Å². The van der Waals surface area contributed by atoms with Crippen molar-refractivity contribution in [1.29, 1.82) is 0 Å². The Balaban J connectivity index is 1.68. The molecule has 1 N–H and O–H groups in total. The Hall–Kier alpha value is -2.66. The van der Waals surface area contributed by atoms with E-state index in [2.05, 4.69) is 37.9 Å². The molecule has 0 saturated carbocycles. The van der Waals surface area contributed by atoms with Gasteiger partial charge in [-0.2, -0.15) is 0 Å². The van der Waals surface area contributed by atoms with Crippen molar-refractivity contribution in [2.24, 2.45) is 0 Å². The van der Waals surface area contributed by atoms with E-state index in [1.54, 1.807) is 12.1 Å². The molecular weight excluding hydrogens is 364 g/mol. The van der Waals surface area contributed by atoms with Crippen LogP contribution in [0, 0.1) is 0 Å². The minimum atomic E-state index is -0.337. The summed E-state index contributed by atoms with van der Waals surface area (Å²) in [5.74, 6) is -0.452. The molecule has 0 saturated heterocycles. The van der Waals surface area contributed by atoms with Crippen molar-refractivity contribution in [3.63, 3.8) is 0 Å². The van der Waals surface area contributed by atoms with E-state index in [1.807, 2.05) is 36.4 Å². The van der Waals surface area contributed by atoms with Crippen molar-refractivity contribution in [1.82, 2.24) is 10.2 Å². The SMILES string of the molecule is CC(C)N(CCNC(=O)c1ccc2c(c1)CC(c1ccccc1)OC2=O)C(C)C. The Kier molecular flexibility index (Phi) is 6.70. The van der Waals surface area contributed by atoms with Gasteiger partial charge >= 0.3 is 5.97 Å². The van der Waals surface area contributed by atoms with Crippen molar-refractivity contribution in [2.75, 3.05) is 13.1 Å². The van der Waals surface area contributed by atoms with E-state index in [9.17, 15) is 9.59 Å². The predicted octanol–water partition coefficient (Wildman–Crippen LogP) is 3.99. The average molecular weight is 395 g/mol.